The first-order valence-corrected chi connectivity index (χ1v) is 20.7. The molecule has 2 aliphatic rings. The van der Waals surface area contributed by atoms with Gasteiger partial charge in [0.1, 0.15) is 10.3 Å². The lowest BCUT2D eigenvalue weighted by Gasteiger charge is -2.37. The third-order valence-corrected chi connectivity index (χ3v) is 11.9. The van der Waals surface area contributed by atoms with Gasteiger partial charge < -0.3 is 19.6 Å². The van der Waals surface area contributed by atoms with E-state index in [2.05, 4.69) is 92.2 Å². The second-order valence-electron chi connectivity index (χ2n) is 15.1. The van der Waals surface area contributed by atoms with Gasteiger partial charge in [-0.1, -0.05) is 23.2 Å². The molecule has 2 fully saturated rings. The number of fused-ring (bicyclic) bond motifs is 2. The molecule has 0 N–H and O–H groups in total. The minimum Gasteiger partial charge on any atom is -0.369 e. The van der Waals surface area contributed by atoms with Gasteiger partial charge in [0.2, 0.25) is 0 Å². The Morgan fingerprint density at radius 2 is 0.867 bits per heavy atom. The van der Waals surface area contributed by atoms with Crippen LogP contribution in [0.4, 0.5) is 34.6 Å². The van der Waals surface area contributed by atoms with Crippen molar-refractivity contribution in [3.8, 4) is 22.5 Å². The maximum absolute atomic E-state index is 6.66. The number of likely N-dealkylation sites (N-methyl/N-ethyl adjacent to an activating group) is 2. The highest BCUT2D eigenvalue weighted by atomic mass is 35.5. The van der Waals surface area contributed by atoms with Gasteiger partial charge in [-0.05, 0) is 111 Å². The molecule has 16 heteroatoms. The van der Waals surface area contributed by atoms with E-state index in [0.29, 0.717) is 22.2 Å². The molecule has 2 aromatic carbocycles. The van der Waals surface area contributed by atoms with Crippen LogP contribution in [0.25, 0.3) is 33.5 Å². The highest BCUT2D eigenvalue weighted by Gasteiger charge is 2.29. The number of halogens is 2. The average Bonchev–Trinajstić information content (AvgIpc) is 3.91. The Morgan fingerprint density at radius 1 is 0.467 bits per heavy atom. The fourth-order valence-electron chi connectivity index (χ4n) is 7.92. The lowest BCUT2D eigenvalue weighted by atomic mass is 10.2. The molecular formula is C44H42Cl2N14. The number of benzene rings is 2. The van der Waals surface area contributed by atoms with Crippen molar-refractivity contribution < 1.29 is 0 Å². The molecule has 0 amide bonds. The summed E-state index contributed by atoms with van der Waals surface area (Å²) < 4.78 is 3.70. The Bertz CT molecular complexity index is 2580. The van der Waals surface area contributed by atoms with Crippen LogP contribution < -0.4 is 19.8 Å². The number of anilines is 6. The summed E-state index contributed by atoms with van der Waals surface area (Å²) >= 11 is 13.3. The normalized spacial score (nSPS) is 15.3. The Morgan fingerprint density at radius 3 is 1.25 bits per heavy atom. The monoisotopic (exact) mass is 836 g/mol. The molecule has 0 unspecified atom stereocenters. The van der Waals surface area contributed by atoms with Crippen molar-refractivity contribution in [3.63, 3.8) is 0 Å². The topological polar surface area (TPSA) is 106 Å². The number of nitrogens with zero attached hydrogens (tertiary/aromatic N) is 14. The van der Waals surface area contributed by atoms with E-state index in [0.717, 1.165) is 109 Å². The molecule has 6 aromatic heterocycles. The van der Waals surface area contributed by atoms with Crippen LogP contribution in [0.5, 0.6) is 0 Å². The van der Waals surface area contributed by atoms with Crippen molar-refractivity contribution in [3.05, 3.63) is 132 Å². The van der Waals surface area contributed by atoms with Crippen LogP contribution in [0.3, 0.4) is 0 Å². The van der Waals surface area contributed by atoms with Gasteiger partial charge in [0.05, 0.1) is 46.2 Å². The predicted molar refractivity (Wildman–Crippen MR) is 239 cm³/mol. The van der Waals surface area contributed by atoms with Crippen molar-refractivity contribution in [2.45, 2.75) is 0 Å². The molecule has 14 nitrogen and oxygen atoms in total. The van der Waals surface area contributed by atoms with Crippen molar-refractivity contribution in [1.82, 2.24) is 49.0 Å². The standard InChI is InChI=1S/C44H42Cl2N14/c1-53-21-25-55(26-22-53)31-7-11-33(12-8-31)59(43-49-29-35-15-17-39(57(35)51-43)37-5-3-19-47-41(37)45)60(34-13-9-32(10-14-34)56-27-23-54(2)24-28-56)44-50-30-36-16-18-40(58(36)52-44)38-6-4-20-48-42(38)46/h3-20,29-30H,21-28H2,1-2H3. The van der Waals surface area contributed by atoms with E-state index in [4.69, 9.17) is 43.4 Å². The molecule has 0 saturated carbocycles. The zero-order valence-electron chi connectivity index (χ0n) is 33.2. The molecule has 0 bridgehead atoms. The summed E-state index contributed by atoms with van der Waals surface area (Å²) in [6, 6.07) is 32.6. The molecule has 0 radical (unpaired) electrons. The van der Waals surface area contributed by atoms with E-state index >= 15 is 0 Å². The second-order valence-corrected chi connectivity index (χ2v) is 15.9. The molecule has 60 heavy (non-hydrogen) atoms. The molecule has 2 saturated heterocycles. The minimum absolute atomic E-state index is 0.377. The third kappa shape index (κ3) is 7.21. The average molecular weight is 838 g/mol. The van der Waals surface area contributed by atoms with Crippen LogP contribution in [-0.4, -0.2) is 115 Å². The van der Waals surface area contributed by atoms with Gasteiger partial charge in [0.15, 0.2) is 0 Å². The maximum Gasteiger partial charge on any atom is 0.267 e. The molecule has 2 aliphatic heterocycles. The Hall–Kier alpha value is -6.32. The van der Waals surface area contributed by atoms with Gasteiger partial charge in [0.25, 0.3) is 11.9 Å². The molecule has 0 aliphatic carbocycles. The first kappa shape index (κ1) is 37.9. The van der Waals surface area contributed by atoms with Crippen molar-refractivity contribution >= 4 is 68.9 Å². The summed E-state index contributed by atoms with van der Waals surface area (Å²) in [5.41, 5.74) is 8.56. The number of hydrazine groups is 1. The van der Waals surface area contributed by atoms with Gasteiger partial charge in [-0.3, -0.25) is 0 Å². The van der Waals surface area contributed by atoms with E-state index in [-0.39, 0.29) is 0 Å². The Labute approximate surface area is 357 Å². The van der Waals surface area contributed by atoms with Crippen LogP contribution >= 0.6 is 23.2 Å². The van der Waals surface area contributed by atoms with E-state index < -0.39 is 0 Å². The highest BCUT2D eigenvalue weighted by Crippen LogP contribution is 2.37. The SMILES string of the molecule is CN1CCN(c2ccc(N(c3ncc4ccc(-c5cccnc5Cl)n4n3)N(c3ccc(N4CCN(C)CC4)cc3)c3ncc4ccc(-c5cccnc5Cl)n4n3)cc2)CC1. The first-order chi connectivity index (χ1) is 29.4. The van der Waals surface area contributed by atoms with Crippen LogP contribution in [0.1, 0.15) is 0 Å². The number of hydrogen-bond donors (Lipinski definition) is 0. The molecule has 8 heterocycles. The number of aromatic nitrogens is 8. The van der Waals surface area contributed by atoms with Gasteiger partial charge in [-0.15, -0.1) is 10.2 Å². The zero-order chi connectivity index (χ0) is 40.7. The van der Waals surface area contributed by atoms with E-state index in [1.807, 2.05) is 80.0 Å². The Kier molecular flexibility index (Phi) is 10.1. The molecule has 10 rings (SSSR count). The Balaban J connectivity index is 1.16. The van der Waals surface area contributed by atoms with Gasteiger partial charge in [-0.2, -0.15) is 0 Å². The quantitative estimate of drug-likeness (QED) is 0.106. The lowest BCUT2D eigenvalue weighted by molar-refractivity contribution is 0.313. The van der Waals surface area contributed by atoms with Gasteiger partial charge >= 0.3 is 0 Å². The number of rotatable bonds is 9. The maximum atomic E-state index is 6.66. The van der Waals surface area contributed by atoms with Crippen LogP contribution in [-0.2, 0) is 0 Å². The number of hydrogen-bond acceptors (Lipinski definition) is 12. The van der Waals surface area contributed by atoms with Crippen LogP contribution in [0.15, 0.2) is 122 Å². The van der Waals surface area contributed by atoms with Crippen molar-refractivity contribution in [2.75, 3.05) is 86.3 Å². The smallest absolute Gasteiger partial charge is 0.267 e. The summed E-state index contributed by atoms with van der Waals surface area (Å²) in [5.74, 6) is 0.754. The van der Waals surface area contributed by atoms with Crippen LogP contribution in [0, 0.1) is 0 Å². The molecule has 0 atom stereocenters. The van der Waals surface area contributed by atoms with Crippen molar-refractivity contribution in [1.29, 1.82) is 0 Å². The minimum atomic E-state index is 0.377. The molecule has 302 valence electrons. The van der Waals surface area contributed by atoms with Gasteiger partial charge in [-0.25, -0.2) is 39.0 Å². The molecule has 0 spiro atoms. The highest BCUT2D eigenvalue weighted by molar-refractivity contribution is 6.32. The second kappa shape index (κ2) is 16.0. The number of pyridine rings is 2. The van der Waals surface area contributed by atoms with Crippen LogP contribution in [0.2, 0.25) is 10.3 Å². The van der Waals surface area contributed by atoms with Crippen molar-refractivity contribution in [2.24, 2.45) is 0 Å². The van der Waals surface area contributed by atoms with Gasteiger partial charge in [0, 0.05) is 87.3 Å². The van der Waals surface area contributed by atoms with E-state index in [1.165, 1.54) is 0 Å². The third-order valence-electron chi connectivity index (χ3n) is 11.3. The first-order valence-electron chi connectivity index (χ1n) is 20.0. The molecular weight excluding hydrogens is 795 g/mol. The summed E-state index contributed by atoms with van der Waals surface area (Å²) in [6.45, 7) is 7.82. The summed E-state index contributed by atoms with van der Waals surface area (Å²) in [7, 11) is 4.34. The predicted octanol–water partition coefficient (Wildman–Crippen LogP) is 7.60. The summed E-state index contributed by atoms with van der Waals surface area (Å²) in [5, 5.41) is 15.2. The zero-order valence-corrected chi connectivity index (χ0v) is 34.7. The van der Waals surface area contributed by atoms with E-state index in [1.54, 1.807) is 12.4 Å². The summed E-state index contributed by atoms with van der Waals surface area (Å²) in [6.07, 6.45) is 6.99. The summed E-state index contributed by atoms with van der Waals surface area (Å²) in [4.78, 5) is 28.3. The fourth-order valence-corrected chi connectivity index (χ4v) is 8.35. The van der Waals surface area contributed by atoms with E-state index in [9.17, 15) is 0 Å². The fraction of sp³-hybridized carbons (Fsp3) is 0.227. The largest absolute Gasteiger partial charge is 0.369 e. The lowest BCUT2D eigenvalue weighted by Crippen LogP contribution is -2.44. The number of piperazine rings is 2. The molecule has 8 aromatic rings.